The van der Waals surface area contributed by atoms with Gasteiger partial charge in [-0.3, -0.25) is 14.5 Å². The van der Waals surface area contributed by atoms with Crippen molar-refractivity contribution in [1.29, 1.82) is 0 Å². The molecule has 6 nitrogen and oxygen atoms in total. The van der Waals surface area contributed by atoms with E-state index in [1.54, 1.807) is 28.4 Å². The van der Waals surface area contributed by atoms with Gasteiger partial charge < -0.3 is 10.2 Å². The van der Waals surface area contributed by atoms with Crippen molar-refractivity contribution in [2.24, 2.45) is 0 Å². The number of benzene rings is 1. The predicted molar refractivity (Wildman–Crippen MR) is 96.6 cm³/mol. The highest BCUT2D eigenvalue weighted by atomic mass is 32.2. The van der Waals surface area contributed by atoms with E-state index in [1.165, 1.54) is 0 Å². The monoisotopic (exact) mass is 365 g/mol. The highest BCUT2D eigenvalue weighted by molar-refractivity contribution is 7.99. The molecule has 2 aliphatic heterocycles. The first-order chi connectivity index (χ1) is 11.6. The molecule has 0 saturated carbocycles. The van der Waals surface area contributed by atoms with Gasteiger partial charge in [0.15, 0.2) is 0 Å². The van der Waals surface area contributed by atoms with Gasteiger partial charge in [-0.05, 0) is 30.6 Å². The number of amides is 4. The van der Waals surface area contributed by atoms with Crippen LogP contribution in [0.25, 0.3) is 0 Å². The Hall–Kier alpha value is -1.67. The fourth-order valence-electron chi connectivity index (χ4n) is 2.81. The second kappa shape index (κ2) is 7.48. The van der Waals surface area contributed by atoms with Gasteiger partial charge in [-0.25, -0.2) is 4.79 Å². The summed E-state index contributed by atoms with van der Waals surface area (Å²) in [5.41, 5.74) is 0.852. The molecule has 1 fully saturated rings. The molecule has 2 aliphatic rings. The minimum absolute atomic E-state index is 0.209. The van der Waals surface area contributed by atoms with Gasteiger partial charge in [0.2, 0.25) is 5.91 Å². The molecular weight excluding hydrogens is 346 g/mol. The highest BCUT2D eigenvalue weighted by Gasteiger charge is 2.39. The number of carbonyl (C=O) groups excluding carboxylic acids is 3. The third-order valence-corrected chi connectivity index (χ3v) is 5.73. The third-order valence-electron chi connectivity index (χ3n) is 4.04. The van der Waals surface area contributed by atoms with Crippen LogP contribution < -0.4 is 10.2 Å². The molecule has 1 atom stereocenters. The molecule has 0 aromatic heterocycles. The molecule has 4 amide bonds. The number of imide groups is 1. The number of thioether (sulfide) groups is 2. The van der Waals surface area contributed by atoms with E-state index in [2.05, 4.69) is 5.32 Å². The lowest BCUT2D eigenvalue weighted by Gasteiger charge is -2.29. The van der Waals surface area contributed by atoms with Crippen LogP contribution in [0.1, 0.15) is 6.42 Å². The molecular formula is C16H19N3O3S2. The quantitative estimate of drug-likeness (QED) is 0.806. The van der Waals surface area contributed by atoms with Gasteiger partial charge in [0.05, 0.1) is 5.69 Å². The van der Waals surface area contributed by atoms with Crippen molar-refractivity contribution in [3.8, 4) is 0 Å². The second-order valence-electron chi connectivity index (χ2n) is 5.57. The van der Waals surface area contributed by atoms with Crippen LogP contribution in [-0.2, 0) is 9.59 Å². The number of nitrogens with zero attached hydrogens (tertiary/aromatic N) is 2. The Kier molecular flexibility index (Phi) is 5.35. The molecule has 1 N–H and O–H groups in total. The summed E-state index contributed by atoms with van der Waals surface area (Å²) < 4.78 is 0. The number of fused-ring (bicyclic) bond motifs is 1. The topological polar surface area (TPSA) is 69.7 Å². The van der Waals surface area contributed by atoms with Gasteiger partial charge in [0, 0.05) is 17.2 Å². The predicted octanol–water partition coefficient (Wildman–Crippen LogP) is 1.80. The lowest BCUT2D eigenvalue weighted by atomic mass is 10.2. The lowest BCUT2D eigenvalue weighted by molar-refractivity contribution is -0.131. The van der Waals surface area contributed by atoms with Crippen molar-refractivity contribution in [3.63, 3.8) is 0 Å². The van der Waals surface area contributed by atoms with E-state index in [1.807, 2.05) is 30.5 Å². The van der Waals surface area contributed by atoms with Gasteiger partial charge in [-0.1, -0.05) is 12.1 Å². The summed E-state index contributed by atoms with van der Waals surface area (Å²) >= 11 is 3.33. The summed E-state index contributed by atoms with van der Waals surface area (Å²) in [4.78, 5) is 40.8. The zero-order valence-electron chi connectivity index (χ0n) is 13.4. The average Bonchev–Trinajstić information content (AvgIpc) is 2.86. The maximum absolute atomic E-state index is 12.7. The summed E-state index contributed by atoms with van der Waals surface area (Å²) in [7, 11) is 0. The van der Waals surface area contributed by atoms with Crippen molar-refractivity contribution in [3.05, 3.63) is 24.3 Å². The zero-order valence-corrected chi connectivity index (χ0v) is 15.0. The van der Waals surface area contributed by atoms with Crippen molar-refractivity contribution in [2.45, 2.75) is 17.4 Å². The van der Waals surface area contributed by atoms with Gasteiger partial charge in [0.1, 0.15) is 12.6 Å². The Morgan fingerprint density at radius 2 is 2.17 bits per heavy atom. The van der Waals surface area contributed by atoms with Crippen LogP contribution in [0.4, 0.5) is 10.5 Å². The normalized spacial score (nSPS) is 20.1. The Morgan fingerprint density at radius 3 is 2.96 bits per heavy atom. The second-order valence-corrected chi connectivity index (χ2v) is 7.69. The Balaban J connectivity index is 1.69. The number of rotatable bonds is 5. The van der Waals surface area contributed by atoms with Crippen LogP contribution in [0.15, 0.2) is 29.2 Å². The van der Waals surface area contributed by atoms with Crippen LogP contribution in [-0.4, -0.2) is 59.6 Å². The number of hydrogen-bond donors (Lipinski definition) is 1. The van der Waals surface area contributed by atoms with E-state index in [0.717, 1.165) is 27.0 Å². The van der Waals surface area contributed by atoms with E-state index >= 15 is 0 Å². The highest BCUT2D eigenvalue weighted by Crippen LogP contribution is 2.34. The molecule has 0 bridgehead atoms. The summed E-state index contributed by atoms with van der Waals surface area (Å²) in [5.74, 6) is 1.06. The van der Waals surface area contributed by atoms with E-state index in [9.17, 15) is 14.4 Å². The zero-order chi connectivity index (χ0) is 17.1. The molecule has 3 rings (SSSR count). The summed E-state index contributed by atoms with van der Waals surface area (Å²) in [5, 5.41) is 2.67. The number of hydrogen-bond acceptors (Lipinski definition) is 5. The van der Waals surface area contributed by atoms with Gasteiger partial charge in [-0.2, -0.15) is 11.8 Å². The molecule has 1 aromatic carbocycles. The number of carbonyl (C=O) groups is 3. The largest absolute Gasteiger partial charge is 0.326 e. The van der Waals surface area contributed by atoms with E-state index in [-0.39, 0.29) is 18.4 Å². The third kappa shape index (κ3) is 3.39. The van der Waals surface area contributed by atoms with Gasteiger partial charge >= 0.3 is 6.03 Å². The molecule has 8 heteroatoms. The van der Waals surface area contributed by atoms with Gasteiger partial charge in [0.25, 0.3) is 5.91 Å². The minimum Gasteiger partial charge on any atom is -0.326 e. The van der Waals surface area contributed by atoms with Crippen LogP contribution in [0.5, 0.6) is 0 Å². The molecule has 128 valence electrons. The lowest BCUT2D eigenvalue weighted by Crippen LogP contribution is -2.45. The Morgan fingerprint density at radius 1 is 1.38 bits per heavy atom. The average molecular weight is 365 g/mol. The molecule has 0 aliphatic carbocycles. The summed E-state index contributed by atoms with van der Waals surface area (Å²) in [6.07, 6.45) is 2.54. The molecule has 24 heavy (non-hydrogen) atoms. The molecule has 1 saturated heterocycles. The Bertz CT molecular complexity index is 668. The number of para-hydroxylation sites is 1. The minimum atomic E-state index is -0.512. The van der Waals surface area contributed by atoms with Crippen LogP contribution in [0.3, 0.4) is 0 Å². The van der Waals surface area contributed by atoms with Crippen molar-refractivity contribution < 1.29 is 14.4 Å². The fourth-order valence-corrected chi connectivity index (χ4v) is 4.27. The first-order valence-corrected chi connectivity index (χ1v) is 10.1. The van der Waals surface area contributed by atoms with Crippen molar-refractivity contribution in [2.75, 3.05) is 35.8 Å². The summed E-state index contributed by atoms with van der Waals surface area (Å²) in [6.45, 7) is 0.375. The van der Waals surface area contributed by atoms with Crippen molar-refractivity contribution >= 4 is 47.1 Å². The first-order valence-electron chi connectivity index (χ1n) is 7.75. The van der Waals surface area contributed by atoms with Crippen molar-refractivity contribution in [1.82, 2.24) is 10.2 Å². The molecule has 2 heterocycles. The number of urea groups is 1. The molecule has 1 aromatic rings. The maximum atomic E-state index is 12.7. The first kappa shape index (κ1) is 17.2. The number of nitrogens with one attached hydrogen (secondary N) is 1. The number of anilines is 1. The molecule has 0 unspecified atom stereocenters. The fraction of sp³-hybridized carbons (Fsp3) is 0.438. The van der Waals surface area contributed by atoms with E-state index < -0.39 is 12.1 Å². The van der Waals surface area contributed by atoms with Crippen LogP contribution >= 0.6 is 23.5 Å². The standard InChI is InChI=1S/C16H19N3O3S2/c1-23-8-6-11-15(21)19(16(22)17-11)10-14(20)18-7-9-24-13-5-3-2-4-12(13)18/h2-5,11H,6-10H2,1H3,(H,17,22)/t11-/m0/s1. The molecule has 0 radical (unpaired) electrons. The van der Waals surface area contributed by atoms with Crippen LogP contribution in [0, 0.1) is 0 Å². The van der Waals surface area contributed by atoms with Gasteiger partial charge in [-0.15, -0.1) is 11.8 Å². The maximum Gasteiger partial charge on any atom is 0.325 e. The summed E-state index contributed by atoms with van der Waals surface area (Å²) in [6, 6.07) is 6.71. The molecule has 0 spiro atoms. The van der Waals surface area contributed by atoms with E-state index in [0.29, 0.717) is 13.0 Å². The van der Waals surface area contributed by atoms with E-state index in [4.69, 9.17) is 0 Å². The smallest absolute Gasteiger partial charge is 0.325 e. The van der Waals surface area contributed by atoms with Crippen LogP contribution in [0.2, 0.25) is 0 Å². The Labute approximate surface area is 149 Å². The SMILES string of the molecule is CSCC[C@@H]1NC(=O)N(CC(=O)N2CCSc3ccccc32)C1=O.